The lowest BCUT2D eigenvalue weighted by molar-refractivity contribution is -0.137. The van der Waals surface area contributed by atoms with Crippen molar-refractivity contribution in [3.63, 3.8) is 0 Å². The second-order valence-corrected chi connectivity index (χ2v) is 11.5. The molecular weight excluding hydrogens is 589 g/mol. The molecule has 6 nitrogen and oxygen atoms in total. The zero-order valence-electron chi connectivity index (χ0n) is 25.9. The SMILES string of the molecule is CCCCNC(=O)C(CN1CCN(c2ccc(NC(=O)c3ccccc3-c3ccc(C(F)(F)F)cc3)cc2)CC1)c1ccccc1. The fourth-order valence-corrected chi connectivity index (χ4v) is 5.71. The number of nitrogens with zero attached hydrogens (tertiary/aromatic N) is 2. The summed E-state index contributed by atoms with van der Waals surface area (Å²) < 4.78 is 39.1. The highest BCUT2D eigenvalue weighted by Crippen LogP contribution is 2.32. The second kappa shape index (κ2) is 15.1. The van der Waals surface area contributed by atoms with E-state index in [1.807, 2.05) is 54.6 Å². The van der Waals surface area contributed by atoms with E-state index in [0.717, 1.165) is 62.4 Å². The van der Waals surface area contributed by atoms with Crippen LogP contribution < -0.4 is 15.5 Å². The fourth-order valence-electron chi connectivity index (χ4n) is 5.71. The molecular formula is C37H39F3N4O2. The van der Waals surface area contributed by atoms with Gasteiger partial charge in [0.25, 0.3) is 5.91 Å². The van der Waals surface area contributed by atoms with Gasteiger partial charge in [-0.25, -0.2) is 0 Å². The van der Waals surface area contributed by atoms with Gasteiger partial charge >= 0.3 is 6.18 Å². The smallest absolute Gasteiger partial charge is 0.369 e. The molecule has 0 spiro atoms. The number of halogens is 3. The lowest BCUT2D eigenvalue weighted by Crippen LogP contribution is -2.49. The van der Waals surface area contributed by atoms with Gasteiger partial charge in [0.15, 0.2) is 0 Å². The van der Waals surface area contributed by atoms with Crippen LogP contribution in [-0.4, -0.2) is 56.0 Å². The minimum absolute atomic E-state index is 0.0710. The van der Waals surface area contributed by atoms with Crippen molar-refractivity contribution in [2.24, 2.45) is 0 Å². The number of amides is 2. The number of anilines is 2. The van der Waals surface area contributed by atoms with Crippen LogP contribution in [0.5, 0.6) is 0 Å². The number of piperazine rings is 1. The van der Waals surface area contributed by atoms with Gasteiger partial charge in [0.1, 0.15) is 0 Å². The lowest BCUT2D eigenvalue weighted by atomic mass is 9.97. The minimum atomic E-state index is -4.42. The predicted octanol–water partition coefficient (Wildman–Crippen LogP) is 7.45. The highest BCUT2D eigenvalue weighted by atomic mass is 19.4. The Balaban J connectivity index is 1.18. The summed E-state index contributed by atoms with van der Waals surface area (Å²) in [5.41, 5.74) is 3.40. The minimum Gasteiger partial charge on any atom is -0.369 e. The summed E-state index contributed by atoms with van der Waals surface area (Å²) in [7, 11) is 0. The van der Waals surface area contributed by atoms with E-state index < -0.39 is 11.7 Å². The molecule has 1 aliphatic rings. The van der Waals surface area contributed by atoms with Gasteiger partial charge in [0.05, 0.1) is 11.5 Å². The lowest BCUT2D eigenvalue weighted by Gasteiger charge is -2.37. The van der Waals surface area contributed by atoms with E-state index >= 15 is 0 Å². The van der Waals surface area contributed by atoms with Crippen LogP contribution in [0.2, 0.25) is 0 Å². The summed E-state index contributed by atoms with van der Waals surface area (Å²) in [5, 5.41) is 6.03. The van der Waals surface area contributed by atoms with E-state index in [9.17, 15) is 22.8 Å². The Kier molecular flexibility index (Phi) is 10.8. The molecule has 5 rings (SSSR count). The average molecular weight is 629 g/mol. The zero-order chi connectivity index (χ0) is 32.5. The Morgan fingerprint density at radius 2 is 1.46 bits per heavy atom. The van der Waals surface area contributed by atoms with E-state index in [1.54, 1.807) is 24.3 Å². The van der Waals surface area contributed by atoms with E-state index in [2.05, 4.69) is 27.4 Å². The summed E-state index contributed by atoms with van der Waals surface area (Å²) in [4.78, 5) is 31.0. The maximum absolute atomic E-state index is 13.2. The third kappa shape index (κ3) is 8.34. The molecule has 46 heavy (non-hydrogen) atoms. The molecule has 2 amide bonds. The summed E-state index contributed by atoms with van der Waals surface area (Å²) in [6.07, 6.45) is -2.43. The molecule has 9 heteroatoms. The highest BCUT2D eigenvalue weighted by Gasteiger charge is 2.30. The van der Waals surface area contributed by atoms with Gasteiger partial charge in [-0.1, -0.05) is 74.0 Å². The highest BCUT2D eigenvalue weighted by molar-refractivity contribution is 6.08. The molecule has 0 saturated carbocycles. The van der Waals surface area contributed by atoms with Crippen molar-refractivity contribution >= 4 is 23.2 Å². The van der Waals surface area contributed by atoms with Crippen molar-refractivity contribution in [2.45, 2.75) is 31.9 Å². The number of nitrogens with one attached hydrogen (secondary N) is 2. The van der Waals surface area contributed by atoms with Crippen LogP contribution in [0.15, 0.2) is 103 Å². The Labute approximate surface area is 268 Å². The zero-order valence-corrected chi connectivity index (χ0v) is 25.9. The molecule has 0 aliphatic carbocycles. The molecule has 1 atom stereocenters. The van der Waals surface area contributed by atoms with Crippen LogP contribution in [0, 0.1) is 0 Å². The Hall–Kier alpha value is -4.63. The number of hydrogen-bond donors (Lipinski definition) is 2. The predicted molar refractivity (Wildman–Crippen MR) is 177 cm³/mol. The molecule has 4 aromatic carbocycles. The van der Waals surface area contributed by atoms with Gasteiger partial charge in [0.2, 0.25) is 5.91 Å². The van der Waals surface area contributed by atoms with E-state index in [1.165, 1.54) is 12.1 Å². The summed E-state index contributed by atoms with van der Waals surface area (Å²) >= 11 is 0. The summed E-state index contributed by atoms with van der Waals surface area (Å²) in [5.74, 6) is -0.498. The van der Waals surface area contributed by atoms with Crippen molar-refractivity contribution in [2.75, 3.05) is 49.5 Å². The first kappa shape index (κ1) is 32.8. The largest absolute Gasteiger partial charge is 0.416 e. The number of benzene rings is 4. The van der Waals surface area contributed by atoms with Crippen molar-refractivity contribution in [3.05, 3.63) is 120 Å². The Morgan fingerprint density at radius 1 is 0.804 bits per heavy atom. The van der Waals surface area contributed by atoms with Crippen molar-refractivity contribution < 1.29 is 22.8 Å². The number of carbonyl (C=O) groups is 2. The monoisotopic (exact) mass is 628 g/mol. The molecule has 0 aromatic heterocycles. The molecule has 0 bridgehead atoms. The van der Waals surface area contributed by atoms with Crippen LogP contribution in [-0.2, 0) is 11.0 Å². The van der Waals surface area contributed by atoms with Crippen molar-refractivity contribution in [1.82, 2.24) is 10.2 Å². The Bertz CT molecular complexity index is 1580. The third-order valence-electron chi connectivity index (χ3n) is 8.35. The van der Waals surface area contributed by atoms with Gasteiger partial charge < -0.3 is 15.5 Å². The average Bonchev–Trinajstić information content (AvgIpc) is 3.08. The summed E-state index contributed by atoms with van der Waals surface area (Å²) in [6.45, 7) is 6.73. The van der Waals surface area contributed by atoms with Crippen LogP contribution in [0.1, 0.15) is 47.2 Å². The van der Waals surface area contributed by atoms with Crippen LogP contribution >= 0.6 is 0 Å². The third-order valence-corrected chi connectivity index (χ3v) is 8.35. The number of rotatable bonds is 11. The molecule has 1 aliphatic heterocycles. The normalized spacial score (nSPS) is 14.5. The van der Waals surface area contributed by atoms with Crippen LogP contribution in [0.4, 0.5) is 24.5 Å². The molecule has 0 radical (unpaired) electrons. The number of alkyl halides is 3. The van der Waals surface area contributed by atoms with Crippen molar-refractivity contribution in [3.8, 4) is 11.1 Å². The topological polar surface area (TPSA) is 64.7 Å². The first-order valence-corrected chi connectivity index (χ1v) is 15.7. The summed E-state index contributed by atoms with van der Waals surface area (Å²) in [6, 6.07) is 29.3. The van der Waals surface area contributed by atoms with Crippen molar-refractivity contribution in [1.29, 1.82) is 0 Å². The molecule has 1 saturated heterocycles. The Morgan fingerprint density at radius 3 is 2.11 bits per heavy atom. The molecule has 2 N–H and O–H groups in total. The number of unbranched alkanes of at least 4 members (excludes halogenated alkanes) is 1. The second-order valence-electron chi connectivity index (χ2n) is 11.5. The molecule has 1 heterocycles. The molecule has 240 valence electrons. The molecule has 1 unspecified atom stereocenters. The standard InChI is InChI=1S/C37H39F3N4O2/c1-2-3-21-41-35(45)34(27-9-5-4-6-10-27)26-43-22-24-44(25-23-43)31-19-17-30(18-20-31)42-36(46)33-12-8-7-11-32(33)28-13-15-29(16-14-28)37(38,39)40/h4-20,34H,2-3,21-26H2,1H3,(H,41,45)(H,42,46). The van der Waals surface area contributed by atoms with Gasteiger partial charge in [-0.15, -0.1) is 0 Å². The van der Waals surface area contributed by atoms with Crippen LogP contribution in [0.3, 0.4) is 0 Å². The first-order valence-electron chi connectivity index (χ1n) is 15.7. The van der Waals surface area contributed by atoms with E-state index in [4.69, 9.17) is 0 Å². The van der Waals surface area contributed by atoms with Gasteiger partial charge in [-0.3, -0.25) is 14.5 Å². The van der Waals surface area contributed by atoms with Gasteiger partial charge in [-0.05, 0) is 65.6 Å². The maximum atomic E-state index is 13.2. The van der Waals surface area contributed by atoms with E-state index in [0.29, 0.717) is 35.5 Å². The maximum Gasteiger partial charge on any atom is 0.416 e. The quantitative estimate of drug-likeness (QED) is 0.170. The number of hydrogen-bond acceptors (Lipinski definition) is 4. The van der Waals surface area contributed by atoms with Gasteiger partial charge in [-0.2, -0.15) is 13.2 Å². The van der Waals surface area contributed by atoms with Gasteiger partial charge in [0, 0.05) is 56.2 Å². The van der Waals surface area contributed by atoms with E-state index in [-0.39, 0.29) is 17.7 Å². The molecule has 4 aromatic rings. The number of carbonyl (C=O) groups excluding carboxylic acids is 2. The fraction of sp³-hybridized carbons (Fsp3) is 0.297. The molecule has 1 fully saturated rings. The van der Waals surface area contributed by atoms with Crippen LogP contribution in [0.25, 0.3) is 11.1 Å². The first-order chi connectivity index (χ1) is 22.2.